The number of nitrogens with one attached hydrogen (secondary N) is 1. The molecule has 0 saturated heterocycles. The van der Waals surface area contributed by atoms with Crippen molar-refractivity contribution in [3.63, 3.8) is 0 Å². The smallest absolute Gasteiger partial charge is 0.381 e. The van der Waals surface area contributed by atoms with E-state index in [1.165, 1.54) is 19.4 Å². The van der Waals surface area contributed by atoms with Crippen molar-refractivity contribution in [2.75, 3.05) is 7.11 Å². The first-order valence-corrected chi connectivity index (χ1v) is 12.6. The van der Waals surface area contributed by atoms with Gasteiger partial charge in [0.05, 0.1) is 33.8 Å². The lowest BCUT2D eigenvalue weighted by Gasteiger charge is -2.19. The molecule has 2 fully saturated rings. The number of methoxy groups -OCH3 is 1. The van der Waals surface area contributed by atoms with Crippen LogP contribution in [0, 0.1) is 24.2 Å². The highest BCUT2D eigenvalue weighted by atomic mass is 32.2. The van der Waals surface area contributed by atoms with E-state index < -0.39 is 55.2 Å². The number of hydrogen-bond acceptors (Lipinski definition) is 6. The second-order valence-electron chi connectivity index (χ2n) is 9.16. The summed E-state index contributed by atoms with van der Waals surface area (Å²) in [5.74, 6) is -1.41. The minimum Gasteiger partial charge on any atom is -0.381 e. The van der Waals surface area contributed by atoms with Gasteiger partial charge in [0, 0.05) is 25.1 Å². The summed E-state index contributed by atoms with van der Waals surface area (Å²) in [7, 11) is -3.14. The van der Waals surface area contributed by atoms with Crippen LogP contribution in [0.3, 0.4) is 0 Å². The predicted octanol–water partition coefficient (Wildman–Crippen LogP) is 3.82. The van der Waals surface area contributed by atoms with E-state index in [0.29, 0.717) is 18.4 Å². The summed E-state index contributed by atoms with van der Waals surface area (Å²) in [6.45, 7) is 1.75. The molecule has 186 valence electrons. The SMILES string of the molecule is COC1C[C@H](S(=O)(=O)c2ccc(-c3cncc(C)c3)cc2C(F)(F)F)C[C@H]1C(=O)NC1(C#N)CC1. The Morgan fingerprint density at radius 3 is 2.49 bits per heavy atom. The molecule has 4 rings (SSSR count). The lowest BCUT2D eigenvalue weighted by molar-refractivity contribution is -0.139. The van der Waals surface area contributed by atoms with Gasteiger partial charge in [0.25, 0.3) is 0 Å². The van der Waals surface area contributed by atoms with Gasteiger partial charge in [-0.15, -0.1) is 0 Å². The standard InChI is InChI=1S/C24H24F3N3O4S/c1-14-7-16(12-29-11-14)15-3-4-21(19(8-15)24(25,26)27)35(32,33)17-9-18(20(10-17)34-2)22(31)30-23(13-28)5-6-23/h3-4,7-8,11-12,17-18,20H,5-6,9-10H2,1-2H3,(H,30,31)/t17-,18-,20?/m1/s1. The first-order chi connectivity index (χ1) is 16.4. The van der Waals surface area contributed by atoms with Crippen LogP contribution >= 0.6 is 0 Å². The molecule has 35 heavy (non-hydrogen) atoms. The molecule has 1 amide bonds. The van der Waals surface area contributed by atoms with Gasteiger partial charge < -0.3 is 10.1 Å². The summed E-state index contributed by atoms with van der Waals surface area (Å²) in [5.41, 5.74) is -0.839. The predicted molar refractivity (Wildman–Crippen MR) is 120 cm³/mol. The Kier molecular flexibility index (Phi) is 6.40. The Bertz CT molecular complexity index is 1300. The maximum Gasteiger partial charge on any atom is 0.417 e. The van der Waals surface area contributed by atoms with Crippen molar-refractivity contribution in [2.24, 2.45) is 5.92 Å². The molecule has 0 aliphatic heterocycles. The second kappa shape index (κ2) is 8.91. The molecular formula is C24H24F3N3O4S. The quantitative estimate of drug-likeness (QED) is 0.637. The van der Waals surface area contributed by atoms with E-state index in [1.807, 2.05) is 6.07 Å². The van der Waals surface area contributed by atoms with Crippen LogP contribution < -0.4 is 5.32 Å². The summed E-state index contributed by atoms with van der Waals surface area (Å²) in [6, 6.07) is 6.81. The third-order valence-corrected chi connectivity index (χ3v) is 8.90. The monoisotopic (exact) mass is 507 g/mol. The fourth-order valence-electron chi connectivity index (χ4n) is 4.53. The zero-order valence-electron chi connectivity index (χ0n) is 19.1. The molecule has 0 radical (unpaired) electrons. The molecule has 2 saturated carbocycles. The topological polar surface area (TPSA) is 109 Å². The molecule has 1 aromatic carbocycles. The zero-order valence-corrected chi connectivity index (χ0v) is 19.9. The van der Waals surface area contributed by atoms with Crippen molar-refractivity contribution in [1.82, 2.24) is 10.3 Å². The number of nitriles is 1. The number of rotatable bonds is 6. The van der Waals surface area contributed by atoms with Gasteiger partial charge in [-0.25, -0.2) is 8.42 Å². The van der Waals surface area contributed by atoms with Gasteiger partial charge in [-0.3, -0.25) is 9.78 Å². The van der Waals surface area contributed by atoms with Gasteiger partial charge >= 0.3 is 6.18 Å². The van der Waals surface area contributed by atoms with Crippen LogP contribution in [-0.4, -0.2) is 43.3 Å². The van der Waals surface area contributed by atoms with Crippen LogP contribution in [0.1, 0.15) is 36.8 Å². The van der Waals surface area contributed by atoms with Gasteiger partial charge in [0.1, 0.15) is 5.54 Å². The zero-order chi connectivity index (χ0) is 25.6. The molecule has 0 bridgehead atoms. The Morgan fingerprint density at radius 2 is 1.91 bits per heavy atom. The van der Waals surface area contributed by atoms with Crippen molar-refractivity contribution >= 4 is 15.7 Å². The minimum absolute atomic E-state index is 0.128. The number of alkyl halides is 3. The lowest BCUT2D eigenvalue weighted by atomic mass is 10.0. The molecule has 1 aromatic heterocycles. The third-order valence-electron chi connectivity index (χ3n) is 6.67. The summed E-state index contributed by atoms with van der Waals surface area (Å²) in [4.78, 5) is 15.9. The average molecular weight is 508 g/mol. The lowest BCUT2D eigenvalue weighted by Crippen LogP contribution is -2.42. The maximum atomic E-state index is 14.0. The second-order valence-corrected chi connectivity index (χ2v) is 11.4. The molecule has 11 heteroatoms. The summed E-state index contributed by atoms with van der Waals surface area (Å²) >= 11 is 0. The number of amides is 1. The van der Waals surface area contributed by atoms with E-state index in [0.717, 1.165) is 17.7 Å². The van der Waals surface area contributed by atoms with E-state index in [9.17, 15) is 31.6 Å². The minimum atomic E-state index is -4.92. The van der Waals surface area contributed by atoms with E-state index >= 15 is 0 Å². The van der Waals surface area contributed by atoms with Crippen LogP contribution in [0.4, 0.5) is 13.2 Å². The Balaban J connectivity index is 1.67. The number of aryl methyl sites for hydroxylation is 1. The molecule has 2 aromatic rings. The van der Waals surface area contributed by atoms with Crippen molar-refractivity contribution in [1.29, 1.82) is 5.26 Å². The van der Waals surface area contributed by atoms with E-state index in [-0.39, 0.29) is 18.4 Å². The van der Waals surface area contributed by atoms with E-state index in [1.54, 1.807) is 19.2 Å². The molecule has 1 heterocycles. The highest BCUT2D eigenvalue weighted by molar-refractivity contribution is 7.92. The highest BCUT2D eigenvalue weighted by Gasteiger charge is 2.51. The number of ether oxygens (including phenoxy) is 1. The number of carbonyl (C=O) groups is 1. The number of benzene rings is 1. The molecule has 7 nitrogen and oxygen atoms in total. The van der Waals surface area contributed by atoms with Crippen molar-refractivity contribution in [3.05, 3.63) is 47.8 Å². The fraction of sp³-hybridized carbons (Fsp3) is 0.458. The first-order valence-electron chi connectivity index (χ1n) is 11.0. The number of halogens is 3. The van der Waals surface area contributed by atoms with Gasteiger partial charge in [-0.05, 0) is 61.9 Å². The molecule has 0 spiro atoms. The highest BCUT2D eigenvalue weighted by Crippen LogP contribution is 2.43. The number of nitrogens with zero attached hydrogens (tertiary/aromatic N) is 2. The molecule has 2 aliphatic rings. The molecule has 1 unspecified atom stereocenters. The molecule has 1 N–H and O–H groups in total. The number of carbonyl (C=O) groups excluding carboxylic acids is 1. The van der Waals surface area contributed by atoms with Gasteiger partial charge in [0.15, 0.2) is 9.84 Å². The van der Waals surface area contributed by atoms with E-state index in [2.05, 4.69) is 10.3 Å². The normalized spacial score (nSPS) is 23.5. The van der Waals surface area contributed by atoms with Crippen LogP contribution in [0.5, 0.6) is 0 Å². The Hall–Kier alpha value is -2.97. The molecule has 2 aliphatic carbocycles. The van der Waals surface area contributed by atoms with Crippen LogP contribution in [0.15, 0.2) is 41.6 Å². The summed E-state index contributed by atoms with van der Waals surface area (Å²) < 4.78 is 74.3. The van der Waals surface area contributed by atoms with Gasteiger partial charge in [-0.2, -0.15) is 18.4 Å². The Morgan fingerprint density at radius 1 is 1.20 bits per heavy atom. The first kappa shape index (κ1) is 25.1. The van der Waals surface area contributed by atoms with Crippen molar-refractivity contribution < 1.29 is 31.1 Å². The molecular weight excluding hydrogens is 483 g/mol. The van der Waals surface area contributed by atoms with Gasteiger partial charge in [0.2, 0.25) is 5.91 Å². The summed E-state index contributed by atoms with van der Waals surface area (Å²) in [6.07, 6.45) is -2.07. The van der Waals surface area contributed by atoms with E-state index in [4.69, 9.17) is 4.74 Å². The van der Waals surface area contributed by atoms with Crippen LogP contribution in [0.2, 0.25) is 0 Å². The van der Waals surface area contributed by atoms with Crippen LogP contribution in [-0.2, 0) is 25.5 Å². The number of pyridine rings is 1. The van der Waals surface area contributed by atoms with Crippen LogP contribution in [0.25, 0.3) is 11.1 Å². The summed E-state index contributed by atoms with van der Waals surface area (Å²) in [5, 5.41) is 10.6. The largest absolute Gasteiger partial charge is 0.417 e. The number of sulfone groups is 1. The third kappa shape index (κ3) is 4.90. The van der Waals surface area contributed by atoms with Gasteiger partial charge in [-0.1, -0.05) is 6.07 Å². The molecule has 3 atom stereocenters. The fourth-order valence-corrected chi connectivity index (χ4v) is 6.54. The van der Waals surface area contributed by atoms with Crippen molar-refractivity contribution in [2.45, 2.75) is 60.6 Å². The Labute approximate surface area is 201 Å². The average Bonchev–Trinajstić information content (AvgIpc) is 3.43. The van der Waals surface area contributed by atoms with Crippen molar-refractivity contribution in [3.8, 4) is 17.2 Å². The maximum absolute atomic E-state index is 14.0. The number of aromatic nitrogens is 1. The number of hydrogen-bond donors (Lipinski definition) is 1.